The van der Waals surface area contributed by atoms with Gasteiger partial charge >= 0.3 is 0 Å². The lowest BCUT2D eigenvalue weighted by atomic mass is 9.93. The molecule has 1 aliphatic rings. The van der Waals surface area contributed by atoms with Gasteiger partial charge in [-0.3, -0.25) is 9.69 Å². The highest BCUT2D eigenvalue weighted by molar-refractivity contribution is 6.30. The first-order valence-electron chi connectivity index (χ1n) is 7.86. The molecule has 23 heavy (non-hydrogen) atoms. The van der Waals surface area contributed by atoms with Crippen molar-refractivity contribution in [3.05, 3.63) is 58.9 Å². The van der Waals surface area contributed by atoms with Crippen molar-refractivity contribution >= 4 is 17.4 Å². The Balaban J connectivity index is 1.95. The predicted octanol–water partition coefficient (Wildman–Crippen LogP) is 4.87. The summed E-state index contributed by atoms with van der Waals surface area (Å²) in [5.74, 6) is 0.0725. The molecule has 0 amide bonds. The molecule has 0 saturated carbocycles. The molecule has 1 fully saturated rings. The first-order chi connectivity index (χ1) is 11.0. The lowest BCUT2D eigenvalue weighted by Crippen LogP contribution is -2.36. The normalized spacial score (nSPS) is 17.3. The van der Waals surface area contributed by atoms with Crippen LogP contribution in [0.2, 0.25) is 5.02 Å². The third-order valence-corrected chi connectivity index (χ3v) is 4.77. The number of benzene rings is 2. The summed E-state index contributed by atoms with van der Waals surface area (Å²) in [6.07, 6.45) is 1.16. The second-order valence-corrected chi connectivity index (χ2v) is 6.43. The molecule has 1 saturated heterocycles. The van der Waals surface area contributed by atoms with Gasteiger partial charge in [0.05, 0.1) is 0 Å². The van der Waals surface area contributed by atoms with Gasteiger partial charge in [-0.05, 0) is 47.9 Å². The van der Waals surface area contributed by atoms with Crippen LogP contribution in [-0.2, 0) is 4.79 Å². The van der Waals surface area contributed by atoms with E-state index >= 15 is 0 Å². The molecule has 120 valence electrons. The van der Waals surface area contributed by atoms with Gasteiger partial charge in [-0.15, -0.1) is 0 Å². The second-order valence-electron chi connectivity index (χ2n) is 5.99. The molecule has 1 atom stereocenters. The Kier molecular flexibility index (Phi) is 4.79. The number of hydrogen-bond donors (Lipinski definition) is 0. The summed E-state index contributed by atoms with van der Waals surface area (Å²) in [4.78, 5) is 13.7. The van der Waals surface area contributed by atoms with Crippen molar-refractivity contribution in [3.8, 4) is 11.1 Å². The number of Topliss-reactive ketones (excluding diaryl/α,β-unsaturated/α-hetero) is 1. The number of hydrogen-bond acceptors (Lipinski definition) is 2. The molecule has 3 rings (SSSR count). The Morgan fingerprint density at radius 3 is 2.39 bits per heavy atom. The number of nitrogens with zero attached hydrogens (tertiary/aromatic N) is 1. The molecule has 0 radical (unpaired) electrons. The van der Waals surface area contributed by atoms with Crippen LogP contribution in [0.3, 0.4) is 0 Å². The largest absolute Gasteiger partial charge is 0.300 e. The topological polar surface area (TPSA) is 20.3 Å². The third-order valence-electron chi connectivity index (χ3n) is 4.52. The minimum atomic E-state index is -0.238. The molecular weight excluding hydrogens is 313 g/mol. The molecule has 2 nitrogen and oxygen atoms in total. The van der Waals surface area contributed by atoms with Crippen molar-refractivity contribution in [2.45, 2.75) is 25.8 Å². The lowest BCUT2D eigenvalue weighted by Gasteiger charge is -2.33. The van der Waals surface area contributed by atoms with Crippen molar-refractivity contribution in [1.82, 2.24) is 4.90 Å². The molecule has 0 aromatic heterocycles. The fourth-order valence-corrected chi connectivity index (χ4v) is 3.25. The maximum atomic E-state index is 13.8. The van der Waals surface area contributed by atoms with E-state index in [2.05, 4.69) is 11.8 Å². The standard InChI is InChI=1S/C19H19ClFNO/c1-13(22-10-8-17(23)9-11-22)19-12-16(21)6-7-18(19)14-2-4-15(20)5-3-14/h2-7,12-13H,8-11H2,1H3. The highest BCUT2D eigenvalue weighted by Crippen LogP contribution is 2.33. The number of ketones is 1. The first-order valence-corrected chi connectivity index (χ1v) is 8.23. The van der Waals surface area contributed by atoms with E-state index in [1.807, 2.05) is 30.3 Å². The fraction of sp³-hybridized carbons (Fsp3) is 0.316. The Hall–Kier alpha value is -1.71. The monoisotopic (exact) mass is 331 g/mol. The number of rotatable bonds is 3. The van der Waals surface area contributed by atoms with Crippen LogP contribution in [0, 0.1) is 5.82 Å². The summed E-state index contributed by atoms with van der Waals surface area (Å²) < 4.78 is 13.8. The molecule has 0 spiro atoms. The molecule has 0 aliphatic carbocycles. The number of likely N-dealkylation sites (tertiary alicyclic amines) is 1. The Labute approximate surface area is 140 Å². The SMILES string of the molecule is CC(c1cc(F)ccc1-c1ccc(Cl)cc1)N1CCC(=O)CC1. The van der Waals surface area contributed by atoms with Crippen LogP contribution in [0.5, 0.6) is 0 Å². The summed E-state index contributed by atoms with van der Waals surface area (Å²) in [7, 11) is 0. The van der Waals surface area contributed by atoms with Gasteiger partial charge in [-0.1, -0.05) is 29.8 Å². The van der Waals surface area contributed by atoms with Crippen LogP contribution < -0.4 is 0 Å². The quantitative estimate of drug-likeness (QED) is 0.799. The molecule has 1 heterocycles. The molecule has 2 aromatic carbocycles. The Morgan fingerprint density at radius 1 is 1.09 bits per heavy atom. The van der Waals surface area contributed by atoms with Crippen LogP contribution in [0.15, 0.2) is 42.5 Å². The van der Waals surface area contributed by atoms with Gasteiger partial charge in [0.1, 0.15) is 11.6 Å². The average molecular weight is 332 g/mol. The van der Waals surface area contributed by atoms with E-state index < -0.39 is 0 Å². The number of carbonyl (C=O) groups is 1. The van der Waals surface area contributed by atoms with E-state index in [1.165, 1.54) is 6.07 Å². The zero-order chi connectivity index (χ0) is 16.4. The van der Waals surface area contributed by atoms with Gasteiger partial charge in [0.2, 0.25) is 0 Å². The Bertz CT molecular complexity index is 704. The maximum absolute atomic E-state index is 13.8. The highest BCUT2D eigenvalue weighted by Gasteiger charge is 2.24. The zero-order valence-corrected chi connectivity index (χ0v) is 13.8. The molecular formula is C19H19ClFNO. The molecule has 0 N–H and O–H groups in total. The van der Waals surface area contributed by atoms with Gasteiger partial charge in [-0.2, -0.15) is 0 Å². The van der Waals surface area contributed by atoms with Crippen molar-refractivity contribution < 1.29 is 9.18 Å². The van der Waals surface area contributed by atoms with E-state index in [4.69, 9.17) is 11.6 Å². The maximum Gasteiger partial charge on any atom is 0.135 e. The fourth-order valence-electron chi connectivity index (χ4n) is 3.13. The summed E-state index contributed by atoms with van der Waals surface area (Å²) in [6.45, 7) is 3.54. The van der Waals surface area contributed by atoms with Crippen LogP contribution in [0.25, 0.3) is 11.1 Å². The Morgan fingerprint density at radius 2 is 1.74 bits per heavy atom. The van der Waals surface area contributed by atoms with Crippen LogP contribution in [-0.4, -0.2) is 23.8 Å². The summed E-state index contributed by atoms with van der Waals surface area (Å²) in [5.41, 5.74) is 2.97. The van der Waals surface area contributed by atoms with E-state index in [9.17, 15) is 9.18 Å². The van der Waals surface area contributed by atoms with Crippen LogP contribution in [0.1, 0.15) is 31.4 Å². The van der Waals surface area contributed by atoms with Gasteiger partial charge in [0.25, 0.3) is 0 Å². The summed E-state index contributed by atoms with van der Waals surface area (Å²) in [6, 6.07) is 12.5. The van der Waals surface area contributed by atoms with E-state index in [0.29, 0.717) is 23.6 Å². The van der Waals surface area contributed by atoms with Crippen molar-refractivity contribution in [3.63, 3.8) is 0 Å². The molecule has 4 heteroatoms. The van der Waals surface area contributed by atoms with Crippen molar-refractivity contribution in [2.24, 2.45) is 0 Å². The zero-order valence-electron chi connectivity index (χ0n) is 13.1. The van der Waals surface area contributed by atoms with Gasteiger partial charge in [0, 0.05) is 37.0 Å². The lowest BCUT2D eigenvalue weighted by molar-refractivity contribution is -0.121. The molecule has 1 aliphatic heterocycles. The van der Waals surface area contributed by atoms with E-state index in [1.54, 1.807) is 6.07 Å². The smallest absolute Gasteiger partial charge is 0.135 e. The summed E-state index contributed by atoms with van der Waals surface area (Å²) in [5, 5.41) is 0.681. The number of carbonyl (C=O) groups excluding carboxylic acids is 1. The van der Waals surface area contributed by atoms with Crippen molar-refractivity contribution in [2.75, 3.05) is 13.1 Å². The van der Waals surface area contributed by atoms with Crippen molar-refractivity contribution in [1.29, 1.82) is 0 Å². The van der Waals surface area contributed by atoms with Crippen LogP contribution in [0.4, 0.5) is 4.39 Å². The third kappa shape index (κ3) is 3.62. The molecule has 0 bridgehead atoms. The van der Waals surface area contributed by atoms with E-state index in [0.717, 1.165) is 29.8 Å². The minimum Gasteiger partial charge on any atom is -0.300 e. The minimum absolute atomic E-state index is 0.0597. The predicted molar refractivity (Wildman–Crippen MR) is 91.1 cm³/mol. The van der Waals surface area contributed by atoms with Gasteiger partial charge < -0.3 is 0 Å². The second kappa shape index (κ2) is 6.81. The number of halogens is 2. The molecule has 1 unspecified atom stereocenters. The molecule has 2 aromatic rings. The van der Waals surface area contributed by atoms with Gasteiger partial charge in [0.15, 0.2) is 0 Å². The average Bonchev–Trinajstić information content (AvgIpc) is 2.56. The van der Waals surface area contributed by atoms with E-state index in [-0.39, 0.29) is 11.9 Å². The van der Waals surface area contributed by atoms with Gasteiger partial charge in [-0.25, -0.2) is 4.39 Å². The highest BCUT2D eigenvalue weighted by atomic mass is 35.5. The summed E-state index contributed by atoms with van der Waals surface area (Å²) >= 11 is 5.96. The first kappa shape index (κ1) is 16.2. The van der Waals surface area contributed by atoms with Crippen LogP contribution >= 0.6 is 11.6 Å². The number of piperidine rings is 1.